The number of rotatable bonds is 18. The van der Waals surface area contributed by atoms with Crippen molar-refractivity contribution < 1.29 is 36.1 Å². The van der Waals surface area contributed by atoms with Gasteiger partial charge in [0.25, 0.3) is 11.8 Å². The minimum absolute atomic E-state index is 0.0471. The number of hydroxylamine groups is 4. The molecule has 0 bridgehead atoms. The largest absolute Gasteiger partial charge is 0.271 e. The van der Waals surface area contributed by atoms with E-state index in [0.717, 1.165) is 21.3 Å². The number of nitrogens with zero attached hydrogens (tertiary/aromatic N) is 2. The first-order valence-corrected chi connectivity index (χ1v) is 18.4. The molecular formula is C35H38N2O8S2. The second-order valence-corrected chi connectivity index (χ2v) is 14.7. The maximum Gasteiger partial charge on any atom is 0.261 e. The summed E-state index contributed by atoms with van der Waals surface area (Å²) in [6.45, 7) is 0.362. The second-order valence-electron chi connectivity index (χ2n) is 10.7. The molecule has 0 saturated carbocycles. The van der Waals surface area contributed by atoms with Crippen molar-refractivity contribution in [3.8, 4) is 0 Å². The Morgan fingerprint density at radius 3 is 1.13 bits per heavy atom. The van der Waals surface area contributed by atoms with Gasteiger partial charge in [0.05, 0.1) is 9.79 Å². The average molecular weight is 679 g/mol. The zero-order valence-electron chi connectivity index (χ0n) is 25.9. The van der Waals surface area contributed by atoms with E-state index >= 15 is 0 Å². The molecule has 0 heterocycles. The number of amides is 2. The number of hydrogen-bond acceptors (Lipinski definition) is 8. The fourth-order valence-electron chi connectivity index (χ4n) is 4.55. The summed E-state index contributed by atoms with van der Waals surface area (Å²) in [6.07, 6.45) is 1.36. The fourth-order valence-corrected chi connectivity index (χ4v) is 6.97. The number of hydrogen-bond donors (Lipinski definition) is 0. The zero-order chi connectivity index (χ0) is 33.5. The van der Waals surface area contributed by atoms with Gasteiger partial charge in [-0.2, -0.15) is 0 Å². The third-order valence-corrected chi connectivity index (χ3v) is 10.3. The smallest absolute Gasteiger partial charge is 0.261 e. The molecule has 0 spiro atoms. The van der Waals surface area contributed by atoms with Crippen LogP contribution >= 0.6 is 0 Å². The van der Waals surface area contributed by atoms with Crippen LogP contribution in [-0.4, -0.2) is 63.4 Å². The van der Waals surface area contributed by atoms with E-state index in [4.69, 9.17) is 9.68 Å². The Labute approximate surface area is 276 Å². The highest BCUT2D eigenvalue weighted by molar-refractivity contribution is 7.92. The number of sulfone groups is 2. The summed E-state index contributed by atoms with van der Waals surface area (Å²) in [5.74, 6) is -2.90. The average Bonchev–Trinajstić information content (AvgIpc) is 3.08. The molecule has 248 valence electrons. The van der Waals surface area contributed by atoms with Crippen LogP contribution in [0.2, 0.25) is 0 Å². The normalized spacial score (nSPS) is 11.6. The molecule has 0 N–H and O–H groups in total. The molecule has 0 unspecified atom stereocenters. The topological polar surface area (TPSA) is 127 Å². The standard InChI is InChI=1S/C35H38N2O8S2/c38-34(28-46(40,41)32-20-10-3-11-21-32)36(44-26-30-16-6-1-7-17-30)24-14-5-15-25-37(45-27-31-18-8-2-9-19-31)35(39)29-47(42,43)33-22-12-4-13-23-33/h1-4,6-13,16-23H,5,14-15,24-29H2. The van der Waals surface area contributed by atoms with Crippen LogP contribution in [0.15, 0.2) is 131 Å². The first-order chi connectivity index (χ1) is 22.6. The Morgan fingerprint density at radius 1 is 0.468 bits per heavy atom. The molecule has 0 fully saturated rings. The highest BCUT2D eigenvalue weighted by Crippen LogP contribution is 2.15. The highest BCUT2D eigenvalue weighted by atomic mass is 32.2. The molecule has 47 heavy (non-hydrogen) atoms. The highest BCUT2D eigenvalue weighted by Gasteiger charge is 2.26. The molecule has 2 amide bonds. The van der Waals surface area contributed by atoms with Gasteiger partial charge in [0.1, 0.15) is 24.7 Å². The Balaban J connectivity index is 1.37. The van der Waals surface area contributed by atoms with Gasteiger partial charge in [-0.1, -0.05) is 97.1 Å². The zero-order valence-corrected chi connectivity index (χ0v) is 27.5. The minimum atomic E-state index is -3.89. The molecule has 4 aromatic rings. The fraction of sp³-hybridized carbons (Fsp3) is 0.257. The predicted molar refractivity (Wildman–Crippen MR) is 177 cm³/mol. The Bertz CT molecular complexity index is 1640. The van der Waals surface area contributed by atoms with Gasteiger partial charge in [0.2, 0.25) is 0 Å². The summed E-state index contributed by atoms with van der Waals surface area (Å²) in [6, 6.07) is 33.9. The van der Waals surface area contributed by atoms with Crippen molar-refractivity contribution in [2.75, 3.05) is 24.6 Å². The van der Waals surface area contributed by atoms with Crippen molar-refractivity contribution in [2.24, 2.45) is 0 Å². The Morgan fingerprint density at radius 2 is 0.787 bits per heavy atom. The lowest BCUT2D eigenvalue weighted by molar-refractivity contribution is -0.190. The van der Waals surface area contributed by atoms with Crippen LogP contribution in [0.5, 0.6) is 0 Å². The van der Waals surface area contributed by atoms with E-state index in [-0.39, 0.29) is 36.1 Å². The quantitative estimate of drug-likeness (QED) is 0.106. The monoisotopic (exact) mass is 678 g/mol. The van der Waals surface area contributed by atoms with Crippen molar-refractivity contribution in [3.05, 3.63) is 132 Å². The van der Waals surface area contributed by atoms with E-state index in [0.29, 0.717) is 19.3 Å². The third kappa shape index (κ3) is 11.4. The molecule has 0 aromatic heterocycles. The van der Waals surface area contributed by atoms with Crippen molar-refractivity contribution in [3.63, 3.8) is 0 Å². The Hall–Kier alpha value is -4.36. The lowest BCUT2D eigenvalue weighted by Crippen LogP contribution is -2.37. The predicted octanol–water partition coefficient (Wildman–Crippen LogP) is 5.03. The van der Waals surface area contributed by atoms with Gasteiger partial charge in [-0.05, 0) is 54.7 Å². The molecule has 4 rings (SSSR count). The van der Waals surface area contributed by atoms with Gasteiger partial charge in [-0.3, -0.25) is 19.3 Å². The van der Waals surface area contributed by atoms with Crippen LogP contribution in [0.1, 0.15) is 30.4 Å². The van der Waals surface area contributed by atoms with Gasteiger partial charge < -0.3 is 0 Å². The Kier molecular flexibility index (Phi) is 13.2. The molecule has 0 aliphatic rings. The summed E-state index contributed by atoms with van der Waals surface area (Å²) in [4.78, 5) is 38.0. The van der Waals surface area contributed by atoms with E-state index in [2.05, 4.69) is 0 Å². The van der Waals surface area contributed by atoms with E-state index in [1.54, 1.807) is 36.4 Å². The molecule has 0 saturated heterocycles. The van der Waals surface area contributed by atoms with E-state index < -0.39 is 43.0 Å². The first-order valence-electron chi connectivity index (χ1n) is 15.1. The van der Waals surface area contributed by atoms with Crippen LogP contribution < -0.4 is 0 Å². The van der Waals surface area contributed by atoms with E-state index in [1.165, 1.54) is 24.3 Å². The van der Waals surface area contributed by atoms with Crippen molar-refractivity contribution >= 4 is 31.5 Å². The second kappa shape index (κ2) is 17.5. The van der Waals surface area contributed by atoms with E-state index in [9.17, 15) is 26.4 Å². The third-order valence-electron chi connectivity index (χ3n) is 7.07. The lowest BCUT2D eigenvalue weighted by Gasteiger charge is -2.23. The number of carbonyl (C=O) groups is 2. The molecule has 0 aliphatic heterocycles. The van der Waals surface area contributed by atoms with Gasteiger partial charge in [-0.15, -0.1) is 0 Å². The molecule has 10 nitrogen and oxygen atoms in total. The van der Waals surface area contributed by atoms with Crippen LogP contribution in [0, 0.1) is 0 Å². The maximum absolute atomic E-state index is 13.2. The molecule has 0 radical (unpaired) electrons. The first kappa shape index (κ1) is 35.5. The molecule has 4 aromatic carbocycles. The van der Waals surface area contributed by atoms with Crippen molar-refractivity contribution in [1.29, 1.82) is 0 Å². The summed E-state index contributed by atoms with van der Waals surface area (Å²) in [5.41, 5.74) is 1.62. The number of benzene rings is 4. The molecular weight excluding hydrogens is 641 g/mol. The van der Waals surface area contributed by atoms with Crippen LogP contribution in [0.4, 0.5) is 0 Å². The van der Waals surface area contributed by atoms with Crippen molar-refractivity contribution in [1.82, 2.24) is 10.1 Å². The molecule has 12 heteroatoms. The summed E-state index contributed by atoms with van der Waals surface area (Å²) in [7, 11) is -7.78. The van der Waals surface area contributed by atoms with Gasteiger partial charge in [0, 0.05) is 13.1 Å². The summed E-state index contributed by atoms with van der Waals surface area (Å²) in [5, 5.41) is 2.16. The van der Waals surface area contributed by atoms with Gasteiger partial charge >= 0.3 is 0 Å². The van der Waals surface area contributed by atoms with Crippen LogP contribution in [0.3, 0.4) is 0 Å². The van der Waals surface area contributed by atoms with Crippen LogP contribution in [0.25, 0.3) is 0 Å². The molecule has 0 atom stereocenters. The van der Waals surface area contributed by atoms with Gasteiger partial charge in [0.15, 0.2) is 19.7 Å². The van der Waals surface area contributed by atoms with E-state index in [1.807, 2.05) is 60.7 Å². The summed E-state index contributed by atoms with van der Waals surface area (Å²) >= 11 is 0. The van der Waals surface area contributed by atoms with Gasteiger partial charge in [-0.25, -0.2) is 27.0 Å². The van der Waals surface area contributed by atoms with Crippen LogP contribution in [-0.2, 0) is 52.2 Å². The maximum atomic E-state index is 13.2. The van der Waals surface area contributed by atoms with Crippen molar-refractivity contribution in [2.45, 2.75) is 42.3 Å². The molecule has 0 aliphatic carbocycles. The number of unbranched alkanes of at least 4 members (excludes halogenated alkanes) is 2. The summed E-state index contributed by atoms with van der Waals surface area (Å²) < 4.78 is 51.6. The SMILES string of the molecule is O=C(CS(=O)(=O)c1ccccc1)N(CCCCCN(OCc1ccccc1)C(=O)CS(=O)(=O)c1ccccc1)OCc1ccccc1. The minimum Gasteiger partial charge on any atom is -0.271 e. The number of carbonyl (C=O) groups excluding carboxylic acids is 2. The lowest BCUT2D eigenvalue weighted by atomic mass is 10.2.